The molecule has 160 valence electrons. The van der Waals surface area contributed by atoms with Crippen molar-refractivity contribution in [1.29, 1.82) is 0 Å². The van der Waals surface area contributed by atoms with E-state index in [9.17, 15) is 9.59 Å². The van der Waals surface area contributed by atoms with Gasteiger partial charge in [-0.1, -0.05) is 30.7 Å². The van der Waals surface area contributed by atoms with Gasteiger partial charge in [-0.2, -0.15) is 0 Å². The van der Waals surface area contributed by atoms with Crippen molar-refractivity contribution in [3.8, 4) is 0 Å². The second-order valence-corrected chi connectivity index (χ2v) is 8.45. The predicted molar refractivity (Wildman–Crippen MR) is 123 cm³/mol. The minimum absolute atomic E-state index is 0.0241. The van der Waals surface area contributed by atoms with Crippen molar-refractivity contribution >= 4 is 28.9 Å². The van der Waals surface area contributed by atoms with Gasteiger partial charge in [-0.05, 0) is 71.3 Å². The standard InChI is InChI=1S/C25H33N3O2/c1-18(2)27(19(3)4)17-11-5-6-16-24(29)28-22-14-9-7-12-20(22)25(30)26-21-13-8-10-15-23(21)28/h7-10,12-15,18-19H,5-6,11,16-17H2,1-4H3,(H,26,30). The highest BCUT2D eigenvalue weighted by Gasteiger charge is 2.28. The van der Waals surface area contributed by atoms with Crippen molar-refractivity contribution in [2.24, 2.45) is 0 Å². The maximum absolute atomic E-state index is 13.3. The van der Waals surface area contributed by atoms with Crippen LogP contribution in [0.4, 0.5) is 17.1 Å². The van der Waals surface area contributed by atoms with Crippen LogP contribution in [-0.2, 0) is 4.79 Å². The molecule has 0 radical (unpaired) electrons. The Bertz CT molecular complexity index is 883. The molecular formula is C25H33N3O2. The van der Waals surface area contributed by atoms with Gasteiger partial charge in [0.2, 0.25) is 5.91 Å². The van der Waals surface area contributed by atoms with Gasteiger partial charge in [0.05, 0.1) is 22.6 Å². The molecule has 1 N–H and O–H groups in total. The zero-order valence-electron chi connectivity index (χ0n) is 18.5. The zero-order valence-corrected chi connectivity index (χ0v) is 18.5. The van der Waals surface area contributed by atoms with Crippen molar-refractivity contribution in [2.75, 3.05) is 16.8 Å². The first-order valence-corrected chi connectivity index (χ1v) is 11.0. The van der Waals surface area contributed by atoms with Gasteiger partial charge in [0, 0.05) is 18.5 Å². The molecule has 2 amide bonds. The lowest BCUT2D eigenvalue weighted by atomic mass is 10.1. The average Bonchev–Trinajstić information content (AvgIpc) is 2.83. The lowest BCUT2D eigenvalue weighted by Gasteiger charge is -2.30. The third-order valence-corrected chi connectivity index (χ3v) is 5.67. The van der Waals surface area contributed by atoms with Crippen LogP contribution in [0.3, 0.4) is 0 Å². The predicted octanol–water partition coefficient (Wildman–Crippen LogP) is 5.60. The zero-order chi connectivity index (χ0) is 21.7. The van der Waals surface area contributed by atoms with Crippen LogP contribution in [0.15, 0.2) is 48.5 Å². The summed E-state index contributed by atoms with van der Waals surface area (Å²) in [6.45, 7) is 9.97. The summed E-state index contributed by atoms with van der Waals surface area (Å²) in [7, 11) is 0. The quantitative estimate of drug-likeness (QED) is 0.580. The van der Waals surface area contributed by atoms with E-state index in [0.29, 0.717) is 35.4 Å². The summed E-state index contributed by atoms with van der Waals surface area (Å²) < 4.78 is 0. The minimum atomic E-state index is -0.184. The molecule has 0 spiro atoms. The van der Waals surface area contributed by atoms with Crippen molar-refractivity contribution in [3.05, 3.63) is 54.1 Å². The molecule has 3 rings (SSSR count). The molecule has 0 atom stereocenters. The Morgan fingerprint density at radius 2 is 1.53 bits per heavy atom. The molecule has 0 fully saturated rings. The molecule has 0 saturated carbocycles. The monoisotopic (exact) mass is 407 g/mol. The summed E-state index contributed by atoms with van der Waals surface area (Å²) in [5.74, 6) is -0.160. The number of fused-ring (bicyclic) bond motifs is 2. The Morgan fingerprint density at radius 1 is 0.900 bits per heavy atom. The van der Waals surface area contributed by atoms with Crippen LogP contribution in [-0.4, -0.2) is 35.3 Å². The fourth-order valence-corrected chi connectivity index (χ4v) is 4.19. The van der Waals surface area contributed by atoms with Gasteiger partial charge >= 0.3 is 0 Å². The van der Waals surface area contributed by atoms with Crippen molar-refractivity contribution in [3.63, 3.8) is 0 Å². The van der Waals surface area contributed by atoms with E-state index in [0.717, 1.165) is 31.5 Å². The van der Waals surface area contributed by atoms with Crippen LogP contribution in [0.25, 0.3) is 0 Å². The third kappa shape index (κ3) is 4.90. The van der Waals surface area contributed by atoms with Gasteiger partial charge in [-0.25, -0.2) is 0 Å². The minimum Gasteiger partial charge on any atom is -0.320 e. The lowest BCUT2D eigenvalue weighted by Crippen LogP contribution is -2.37. The van der Waals surface area contributed by atoms with Gasteiger partial charge in [0.15, 0.2) is 0 Å². The van der Waals surface area contributed by atoms with Crippen LogP contribution in [0.5, 0.6) is 0 Å². The molecular weight excluding hydrogens is 374 g/mol. The molecule has 5 heteroatoms. The number of amides is 2. The van der Waals surface area contributed by atoms with Crippen molar-refractivity contribution in [2.45, 2.75) is 65.5 Å². The molecule has 0 bridgehead atoms. The molecule has 30 heavy (non-hydrogen) atoms. The maximum atomic E-state index is 13.3. The molecule has 0 unspecified atom stereocenters. The highest BCUT2D eigenvalue weighted by Crippen LogP contribution is 2.38. The first-order valence-electron chi connectivity index (χ1n) is 11.0. The Kier molecular flexibility index (Phi) is 7.27. The second kappa shape index (κ2) is 9.90. The molecule has 1 aliphatic rings. The van der Waals surface area contributed by atoms with Crippen LogP contribution >= 0.6 is 0 Å². The van der Waals surface area contributed by atoms with E-state index in [1.807, 2.05) is 42.5 Å². The second-order valence-electron chi connectivity index (χ2n) is 8.45. The normalized spacial score (nSPS) is 13.3. The molecule has 0 saturated heterocycles. The summed E-state index contributed by atoms with van der Waals surface area (Å²) in [4.78, 5) is 30.1. The van der Waals surface area contributed by atoms with Gasteiger partial charge in [0.25, 0.3) is 5.91 Å². The lowest BCUT2D eigenvalue weighted by molar-refractivity contribution is -0.118. The largest absolute Gasteiger partial charge is 0.320 e. The van der Waals surface area contributed by atoms with E-state index < -0.39 is 0 Å². The van der Waals surface area contributed by atoms with E-state index in [2.05, 4.69) is 37.9 Å². The smallest absolute Gasteiger partial charge is 0.257 e. The van der Waals surface area contributed by atoms with E-state index in [-0.39, 0.29) is 11.8 Å². The van der Waals surface area contributed by atoms with E-state index in [1.54, 1.807) is 11.0 Å². The number of carbonyl (C=O) groups excluding carboxylic acids is 2. The van der Waals surface area contributed by atoms with Gasteiger partial charge in [-0.15, -0.1) is 0 Å². The average molecular weight is 408 g/mol. The number of hydrogen-bond donors (Lipinski definition) is 1. The number of nitrogens with zero attached hydrogens (tertiary/aromatic N) is 2. The first kappa shape index (κ1) is 22.0. The molecule has 2 aromatic rings. The fourth-order valence-electron chi connectivity index (χ4n) is 4.19. The summed E-state index contributed by atoms with van der Waals surface area (Å²) in [5, 5.41) is 2.94. The Balaban J connectivity index is 1.70. The van der Waals surface area contributed by atoms with Crippen LogP contribution in [0.2, 0.25) is 0 Å². The summed E-state index contributed by atoms with van der Waals surface area (Å²) >= 11 is 0. The molecule has 1 aliphatic heterocycles. The topological polar surface area (TPSA) is 52.7 Å². The van der Waals surface area contributed by atoms with Gasteiger partial charge < -0.3 is 5.32 Å². The highest BCUT2D eigenvalue weighted by atomic mass is 16.2. The van der Waals surface area contributed by atoms with Crippen molar-refractivity contribution < 1.29 is 9.59 Å². The van der Waals surface area contributed by atoms with Crippen LogP contribution < -0.4 is 10.2 Å². The number of unbranched alkanes of at least 4 members (excludes halogenated alkanes) is 2. The number of anilines is 3. The Labute approximate surface area is 180 Å². The third-order valence-electron chi connectivity index (χ3n) is 5.67. The number of hydrogen-bond acceptors (Lipinski definition) is 3. The van der Waals surface area contributed by atoms with Gasteiger partial charge in [0.1, 0.15) is 0 Å². The number of benzene rings is 2. The molecule has 0 aliphatic carbocycles. The molecule has 0 aromatic heterocycles. The van der Waals surface area contributed by atoms with Gasteiger partial charge in [-0.3, -0.25) is 19.4 Å². The number of rotatable bonds is 8. The molecule has 5 nitrogen and oxygen atoms in total. The number of nitrogens with one attached hydrogen (secondary N) is 1. The van der Waals surface area contributed by atoms with E-state index >= 15 is 0 Å². The first-order chi connectivity index (χ1) is 14.4. The van der Waals surface area contributed by atoms with E-state index in [1.165, 1.54) is 0 Å². The molecule has 1 heterocycles. The SMILES string of the molecule is CC(C)N(CCCCCC(=O)N1c2ccccc2NC(=O)c2ccccc21)C(C)C. The Morgan fingerprint density at radius 3 is 2.23 bits per heavy atom. The number of carbonyl (C=O) groups is 2. The molecule has 2 aromatic carbocycles. The maximum Gasteiger partial charge on any atom is 0.257 e. The van der Waals surface area contributed by atoms with Crippen LogP contribution in [0.1, 0.15) is 63.7 Å². The van der Waals surface area contributed by atoms with E-state index in [4.69, 9.17) is 0 Å². The van der Waals surface area contributed by atoms with Crippen LogP contribution in [0, 0.1) is 0 Å². The fraction of sp³-hybridized carbons (Fsp3) is 0.440. The Hall–Kier alpha value is -2.66. The summed E-state index contributed by atoms with van der Waals surface area (Å²) in [6.07, 6.45) is 3.39. The van der Waals surface area contributed by atoms with Crippen molar-refractivity contribution in [1.82, 2.24) is 4.90 Å². The number of para-hydroxylation sites is 3. The highest BCUT2D eigenvalue weighted by molar-refractivity contribution is 6.17. The summed E-state index contributed by atoms with van der Waals surface area (Å²) in [5.41, 5.74) is 2.56. The summed E-state index contributed by atoms with van der Waals surface area (Å²) in [6, 6.07) is 15.9.